The Morgan fingerprint density at radius 2 is 1.68 bits per heavy atom. The lowest BCUT2D eigenvalue weighted by Crippen LogP contribution is -2.26. The van der Waals surface area contributed by atoms with Crippen LogP contribution in [0.4, 0.5) is 0 Å². The number of hydrogen-bond donors (Lipinski definition) is 1. The van der Waals surface area contributed by atoms with Crippen molar-refractivity contribution in [2.45, 2.75) is 17.9 Å². The third-order valence-corrected chi connectivity index (χ3v) is 5.09. The van der Waals surface area contributed by atoms with Gasteiger partial charge in [0.15, 0.2) is 21.3 Å². The number of fused-ring (bicyclic) bond motifs is 1. The maximum absolute atomic E-state index is 12.4. The Kier molecular flexibility index (Phi) is 4.67. The number of nitrogens with one attached hydrogen (secondary N) is 1. The number of benzene rings is 2. The van der Waals surface area contributed by atoms with E-state index in [-0.39, 0.29) is 16.8 Å². The average Bonchev–Trinajstić information content (AvgIpc) is 2.60. The quantitative estimate of drug-likeness (QED) is 0.904. The predicted molar refractivity (Wildman–Crippen MR) is 92.9 cm³/mol. The molecule has 1 amide bonds. The van der Waals surface area contributed by atoms with Gasteiger partial charge in [-0.2, -0.15) is 0 Å². The predicted octanol–water partition coefficient (Wildman–Crippen LogP) is 2.35. The first-order valence-electron chi connectivity index (χ1n) is 7.85. The van der Waals surface area contributed by atoms with Gasteiger partial charge in [0, 0.05) is 11.8 Å². The zero-order chi connectivity index (χ0) is 18.0. The van der Waals surface area contributed by atoms with Crippen molar-refractivity contribution < 1.29 is 22.7 Å². The lowest BCUT2D eigenvalue weighted by molar-refractivity contribution is 0.0939. The Labute approximate surface area is 146 Å². The van der Waals surface area contributed by atoms with Crippen molar-refractivity contribution in [1.82, 2.24) is 5.32 Å². The number of carbonyl (C=O) groups is 1. The summed E-state index contributed by atoms with van der Waals surface area (Å²) in [4.78, 5) is 12.5. The number of hydrogen-bond acceptors (Lipinski definition) is 5. The van der Waals surface area contributed by atoms with E-state index in [4.69, 9.17) is 9.47 Å². The zero-order valence-electron chi connectivity index (χ0n) is 14.0. The summed E-state index contributed by atoms with van der Waals surface area (Å²) in [7, 11) is -3.28. The maximum atomic E-state index is 12.4. The van der Waals surface area contributed by atoms with Crippen LogP contribution in [0.5, 0.6) is 11.5 Å². The van der Waals surface area contributed by atoms with E-state index in [2.05, 4.69) is 5.32 Å². The van der Waals surface area contributed by atoms with E-state index >= 15 is 0 Å². The van der Waals surface area contributed by atoms with Crippen LogP contribution in [0, 0.1) is 0 Å². The van der Waals surface area contributed by atoms with Crippen LogP contribution in [-0.4, -0.2) is 33.8 Å². The molecule has 0 saturated carbocycles. The first-order valence-corrected chi connectivity index (χ1v) is 9.74. The van der Waals surface area contributed by atoms with Gasteiger partial charge >= 0.3 is 0 Å². The molecular weight excluding hydrogens is 342 g/mol. The van der Waals surface area contributed by atoms with Crippen molar-refractivity contribution in [3.05, 3.63) is 53.6 Å². The molecule has 3 rings (SSSR count). The van der Waals surface area contributed by atoms with Crippen LogP contribution in [0.25, 0.3) is 0 Å². The molecule has 0 spiro atoms. The molecule has 0 aliphatic carbocycles. The minimum Gasteiger partial charge on any atom is -0.486 e. The Morgan fingerprint density at radius 1 is 1.04 bits per heavy atom. The molecule has 2 aromatic carbocycles. The highest BCUT2D eigenvalue weighted by molar-refractivity contribution is 7.90. The van der Waals surface area contributed by atoms with Gasteiger partial charge in [0.05, 0.1) is 10.9 Å². The van der Waals surface area contributed by atoms with E-state index in [1.165, 1.54) is 24.3 Å². The highest BCUT2D eigenvalue weighted by Crippen LogP contribution is 2.32. The number of sulfone groups is 1. The van der Waals surface area contributed by atoms with E-state index in [1.807, 2.05) is 25.1 Å². The second-order valence-corrected chi connectivity index (χ2v) is 7.91. The van der Waals surface area contributed by atoms with Gasteiger partial charge in [0.25, 0.3) is 5.91 Å². The van der Waals surface area contributed by atoms with Crippen LogP contribution in [0.3, 0.4) is 0 Å². The Balaban J connectivity index is 1.72. The van der Waals surface area contributed by atoms with Crippen molar-refractivity contribution in [3.63, 3.8) is 0 Å². The number of amides is 1. The molecule has 0 radical (unpaired) electrons. The van der Waals surface area contributed by atoms with Crippen molar-refractivity contribution >= 4 is 15.7 Å². The van der Waals surface area contributed by atoms with Gasteiger partial charge in [-0.25, -0.2) is 8.42 Å². The largest absolute Gasteiger partial charge is 0.486 e. The molecule has 1 heterocycles. The summed E-state index contributed by atoms with van der Waals surface area (Å²) in [6.45, 7) is 2.90. The fraction of sp³-hybridized carbons (Fsp3) is 0.278. The smallest absolute Gasteiger partial charge is 0.251 e. The van der Waals surface area contributed by atoms with Gasteiger partial charge < -0.3 is 14.8 Å². The lowest BCUT2D eigenvalue weighted by Gasteiger charge is -2.21. The summed E-state index contributed by atoms with van der Waals surface area (Å²) in [6, 6.07) is 11.2. The molecule has 7 heteroatoms. The van der Waals surface area contributed by atoms with Crippen LogP contribution in [0.1, 0.15) is 28.9 Å². The Hall–Kier alpha value is -2.54. The normalized spacial score (nSPS) is 14.6. The summed E-state index contributed by atoms with van der Waals surface area (Å²) in [5, 5.41) is 2.89. The van der Waals surface area contributed by atoms with Gasteiger partial charge in [-0.05, 0) is 48.9 Å². The zero-order valence-corrected chi connectivity index (χ0v) is 14.8. The fourth-order valence-corrected chi connectivity index (χ4v) is 3.18. The van der Waals surface area contributed by atoms with Gasteiger partial charge in [-0.1, -0.05) is 6.07 Å². The highest BCUT2D eigenvalue weighted by Gasteiger charge is 2.17. The first-order chi connectivity index (χ1) is 11.8. The summed E-state index contributed by atoms with van der Waals surface area (Å²) in [5.41, 5.74) is 1.29. The summed E-state index contributed by atoms with van der Waals surface area (Å²) in [6.07, 6.45) is 1.13. The minimum absolute atomic E-state index is 0.184. The number of carbonyl (C=O) groups excluding carboxylic acids is 1. The third-order valence-electron chi connectivity index (χ3n) is 3.96. The fourth-order valence-electron chi connectivity index (χ4n) is 2.55. The summed E-state index contributed by atoms with van der Waals surface area (Å²) >= 11 is 0. The second kappa shape index (κ2) is 6.76. The molecule has 2 aromatic rings. The molecule has 0 fully saturated rings. The number of ether oxygens (including phenoxy) is 2. The first kappa shape index (κ1) is 17.3. The van der Waals surface area contributed by atoms with Crippen molar-refractivity contribution in [2.75, 3.05) is 19.5 Å². The lowest BCUT2D eigenvalue weighted by atomic mass is 10.1. The van der Waals surface area contributed by atoms with E-state index in [1.54, 1.807) is 0 Å². The van der Waals surface area contributed by atoms with Crippen molar-refractivity contribution in [2.24, 2.45) is 0 Å². The summed E-state index contributed by atoms with van der Waals surface area (Å²) in [5.74, 6) is 1.09. The van der Waals surface area contributed by atoms with Gasteiger partial charge in [0.1, 0.15) is 13.2 Å². The highest BCUT2D eigenvalue weighted by atomic mass is 32.2. The number of rotatable bonds is 4. The van der Waals surface area contributed by atoms with E-state index in [0.29, 0.717) is 30.3 Å². The molecular formula is C18H19NO5S. The molecule has 0 saturated heterocycles. The minimum atomic E-state index is -3.28. The van der Waals surface area contributed by atoms with E-state index in [0.717, 1.165) is 11.8 Å². The molecule has 1 aliphatic rings. The monoisotopic (exact) mass is 361 g/mol. The molecule has 132 valence electrons. The molecule has 0 bridgehead atoms. The molecule has 1 N–H and O–H groups in total. The third kappa shape index (κ3) is 3.93. The maximum Gasteiger partial charge on any atom is 0.251 e. The van der Waals surface area contributed by atoms with Gasteiger partial charge in [-0.3, -0.25) is 4.79 Å². The summed E-state index contributed by atoms with van der Waals surface area (Å²) < 4.78 is 34.0. The van der Waals surface area contributed by atoms with Gasteiger partial charge in [-0.15, -0.1) is 0 Å². The molecule has 0 unspecified atom stereocenters. The van der Waals surface area contributed by atoms with Crippen molar-refractivity contribution in [3.8, 4) is 11.5 Å². The van der Waals surface area contributed by atoms with Crippen LogP contribution >= 0.6 is 0 Å². The Bertz CT molecular complexity index is 890. The van der Waals surface area contributed by atoms with Gasteiger partial charge in [0.2, 0.25) is 0 Å². The topological polar surface area (TPSA) is 81.7 Å². The molecule has 6 nitrogen and oxygen atoms in total. The van der Waals surface area contributed by atoms with Crippen LogP contribution < -0.4 is 14.8 Å². The molecule has 1 aliphatic heterocycles. The van der Waals surface area contributed by atoms with E-state index < -0.39 is 9.84 Å². The van der Waals surface area contributed by atoms with Crippen LogP contribution in [0.2, 0.25) is 0 Å². The van der Waals surface area contributed by atoms with E-state index in [9.17, 15) is 13.2 Å². The molecule has 0 aromatic heterocycles. The Morgan fingerprint density at radius 3 is 2.32 bits per heavy atom. The van der Waals surface area contributed by atoms with Crippen LogP contribution in [-0.2, 0) is 9.84 Å². The second-order valence-electron chi connectivity index (χ2n) is 5.89. The average molecular weight is 361 g/mol. The van der Waals surface area contributed by atoms with Crippen molar-refractivity contribution in [1.29, 1.82) is 0 Å². The van der Waals surface area contributed by atoms with Crippen LogP contribution in [0.15, 0.2) is 47.4 Å². The molecule has 25 heavy (non-hydrogen) atoms. The SMILES string of the molecule is C[C@@H](NC(=O)c1ccc(S(C)(=O)=O)cc1)c1ccc2c(c1)OCCO2. The standard InChI is InChI=1S/C18H19NO5S/c1-12(14-5-8-16-17(11-14)24-10-9-23-16)19-18(20)13-3-6-15(7-4-13)25(2,21)22/h3-8,11-12H,9-10H2,1-2H3,(H,19,20)/t12-/m1/s1. The molecule has 1 atom stereocenters.